The molecule has 30 heavy (non-hydrogen) atoms. The van der Waals surface area contributed by atoms with E-state index in [1.54, 1.807) is 0 Å². The number of hydrogen-bond donors (Lipinski definition) is 2. The average Bonchev–Trinajstić information content (AvgIpc) is 2.73. The van der Waals surface area contributed by atoms with Crippen LogP contribution >= 0.6 is 0 Å². The van der Waals surface area contributed by atoms with Crippen molar-refractivity contribution in [3.8, 4) is 0 Å². The number of nitrogens with one attached hydrogen (secondary N) is 2. The van der Waals surface area contributed by atoms with Gasteiger partial charge in [-0.2, -0.15) is 0 Å². The normalized spacial score (nSPS) is 11.9. The third kappa shape index (κ3) is 5.35. The fraction of sp³-hybridized carbons (Fsp3) is 0.292. The van der Waals surface area contributed by atoms with Gasteiger partial charge in [0.1, 0.15) is 5.82 Å². The zero-order chi connectivity index (χ0) is 21.7. The molecule has 0 bridgehead atoms. The second-order valence-electron chi connectivity index (χ2n) is 7.86. The minimum absolute atomic E-state index is 0.109. The number of aromatic nitrogens is 2. The molecule has 0 saturated heterocycles. The molecule has 0 aliphatic carbocycles. The van der Waals surface area contributed by atoms with E-state index in [2.05, 4.69) is 15.3 Å². The van der Waals surface area contributed by atoms with Crippen LogP contribution in [0.5, 0.6) is 0 Å². The van der Waals surface area contributed by atoms with E-state index in [9.17, 15) is 9.59 Å². The molecule has 1 aromatic heterocycles. The smallest absolute Gasteiger partial charge is 0.251 e. The summed E-state index contributed by atoms with van der Waals surface area (Å²) in [5, 5.41) is 3.11. The van der Waals surface area contributed by atoms with E-state index in [0.717, 1.165) is 11.3 Å². The Morgan fingerprint density at radius 1 is 1.07 bits per heavy atom. The third-order valence-corrected chi connectivity index (χ3v) is 4.93. The average molecular weight is 405 g/mol. The zero-order valence-electron chi connectivity index (χ0n) is 17.8. The highest BCUT2D eigenvalue weighted by molar-refractivity contribution is 5.94. The molecular formula is C24H28N4O2. The second kappa shape index (κ2) is 9.39. The molecule has 0 aliphatic rings. The van der Waals surface area contributed by atoms with Gasteiger partial charge < -0.3 is 15.2 Å². The quantitative estimate of drug-likeness (QED) is 0.630. The van der Waals surface area contributed by atoms with Gasteiger partial charge >= 0.3 is 0 Å². The van der Waals surface area contributed by atoms with Gasteiger partial charge in [0.05, 0.1) is 11.7 Å². The van der Waals surface area contributed by atoms with Crippen molar-refractivity contribution in [2.45, 2.75) is 32.2 Å². The molecule has 3 aromatic rings. The Hall–Kier alpha value is -3.41. The van der Waals surface area contributed by atoms with Gasteiger partial charge in [-0.3, -0.25) is 9.59 Å². The number of benzene rings is 2. The lowest BCUT2D eigenvalue weighted by atomic mass is 10.0. The molecule has 0 radical (unpaired) electrons. The van der Waals surface area contributed by atoms with E-state index in [4.69, 9.17) is 0 Å². The van der Waals surface area contributed by atoms with Crippen LogP contribution in [0.1, 0.15) is 53.2 Å². The predicted molar refractivity (Wildman–Crippen MR) is 120 cm³/mol. The van der Waals surface area contributed by atoms with Crippen LogP contribution in [0.25, 0.3) is 0 Å². The highest BCUT2D eigenvalue weighted by atomic mass is 16.1. The van der Waals surface area contributed by atoms with Crippen LogP contribution in [0, 0.1) is 0 Å². The number of nitrogens with zero attached hydrogens (tertiary/aromatic N) is 2. The van der Waals surface area contributed by atoms with Crippen LogP contribution in [0.2, 0.25) is 0 Å². The molecule has 6 heteroatoms. The summed E-state index contributed by atoms with van der Waals surface area (Å²) in [5.41, 5.74) is 3.05. The number of carbonyl (C=O) groups excluding carboxylic acids is 1. The van der Waals surface area contributed by atoms with E-state index in [-0.39, 0.29) is 23.4 Å². The Labute approximate surface area is 177 Å². The molecule has 1 atom stereocenters. The lowest BCUT2D eigenvalue weighted by molar-refractivity contribution is 0.0936. The summed E-state index contributed by atoms with van der Waals surface area (Å²) in [5.74, 6) is 0.593. The number of carbonyl (C=O) groups is 1. The Kier molecular flexibility index (Phi) is 6.67. The van der Waals surface area contributed by atoms with Gasteiger partial charge in [0.25, 0.3) is 11.5 Å². The van der Waals surface area contributed by atoms with Gasteiger partial charge in [-0.1, -0.05) is 44.2 Å². The van der Waals surface area contributed by atoms with Crippen LogP contribution in [0.3, 0.4) is 0 Å². The second-order valence-corrected chi connectivity index (χ2v) is 7.86. The number of aromatic amines is 1. The molecule has 2 aromatic carbocycles. The fourth-order valence-electron chi connectivity index (χ4n) is 3.21. The molecule has 6 nitrogen and oxygen atoms in total. The molecule has 0 saturated carbocycles. The highest BCUT2D eigenvalue weighted by Crippen LogP contribution is 2.19. The molecule has 0 spiro atoms. The van der Waals surface area contributed by atoms with Crippen molar-refractivity contribution in [1.82, 2.24) is 15.3 Å². The summed E-state index contributed by atoms with van der Waals surface area (Å²) in [6.07, 6.45) is 0.426. The summed E-state index contributed by atoms with van der Waals surface area (Å²) in [6.45, 7) is 3.96. The molecule has 1 amide bonds. The first-order valence-corrected chi connectivity index (χ1v) is 10.1. The van der Waals surface area contributed by atoms with E-state index >= 15 is 0 Å². The van der Waals surface area contributed by atoms with Gasteiger partial charge in [-0.15, -0.1) is 0 Å². The summed E-state index contributed by atoms with van der Waals surface area (Å²) in [4.78, 5) is 34.4. The standard InChI is InChI=1S/C24H28N4O2/c1-16(2)23-25-19(15-22(29)27-23)14-21(17-8-6-5-7-9-17)26-24(30)18-10-12-20(13-11-18)28(3)4/h5-13,15-16,21H,14H2,1-4H3,(H,26,30)(H,25,27,29). The van der Waals surface area contributed by atoms with Crippen molar-refractivity contribution in [2.75, 3.05) is 19.0 Å². The predicted octanol–water partition coefficient (Wildman–Crippen LogP) is 3.67. The lowest BCUT2D eigenvalue weighted by Crippen LogP contribution is -2.30. The number of H-pyrrole nitrogens is 1. The number of anilines is 1. The van der Waals surface area contributed by atoms with Crippen molar-refractivity contribution in [2.24, 2.45) is 0 Å². The molecule has 3 rings (SSSR count). The van der Waals surface area contributed by atoms with Crippen LogP contribution in [0.4, 0.5) is 5.69 Å². The maximum atomic E-state index is 12.9. The minimum atomic E-state index is -0.304. The van der Waals surface area contributed by atoms with Crippen molar-refractivity contribution in [3.05, 3.63) is 93.7 Å². The van der Waals surface area contributed by atoms with Gasteiger partial charge in [-0.25, -0.2) is 4.98 Å². The van der Waals surface area contributed by atoms with Gasteiger partial charge in [0.15, 0.2) is 0 Å². The Bertz CT molecular complexity index is 1040. The van der Waals surface area contributed by atoms with Crippen LogP contribution in [0.15, 0.2) is 65.5 Å². The van der Waals surface area contributed by atoms with E-state index in [0.29, 0.717) is 23.5 Å². The zero-order valence-corrected chi connectivity index (χ0v) is 17.8. The maximum Gasteiger partial charge on any atom is 0.251 e. The van der Waals surface area contributed by atoms with Crippen LogP contribution in [-0.4, -0.2) is 30.0 Å². The Morgan fingerprint density at radius 3 is 2.33 bits per heavy atom. The molecule has 156 valence electrons. The van der Waals surface area contributed by atoms with Crippen LogP contribution < -0.4 is 15.8 Å². The van der Waals surface area contributed by atoms with Gasteiger partial charge in [0.2, 0.25) is 0 Å². The van der Waals surface area contributed by atoms with E-state index < -0.39 is 0 Å². The summed E-state index contributed by atoms with van der Waals surface area (Å²) < 4.78 is 0. The van der Waals surface area contributed by atoms with E-state index in [1.807, 2.05) is 87.4 Å². The Balaban J connectivity index is 1.87. The molecule has 2 N–H and O–H groups in total. The molecule has 1 heterocycles. The first-order valence-electron chi connectivity index (χ1n) is 10.1. The van der Waals surface area contributed by atoms with E-state index in [1.165, 1.54) is 6.07 Å². The first-order chi connectivity index (χ1) is 14.3. The molecule has 0 fully saturated rings. The van der Waals surface area contributed by atoms with Crippen LogP contribution in [-0.2, 0) is 6.42 Å². The van der Waals surface area contributed by atoms with Crippen molar-refractivity contribution >= 4 is 11.6 Å². The lowest BCUT2D eigenvalue weighted by Gasteiger charge is -2.20. The van der Waals surface area contributed by atoms with Crippen molar-refractivity contribution in [1.29, 1.82) is 0 Å². The molecular weight excluding hydrogens is 376 g/mol. The van der Waals surface area contributed by atoms with Gasteiger partial charge in [0, 0.05) is 43.8 Å². The Morgan fingerprint density at radius 2 is 1.73 bits per heavy atom. The summed E-state index contributed by atoms with van der Waals surface area (Å²) in [6, 6.07) is 18.4. The number of rotatable bonds is 7. The third-order valence-electron chi connectivity index (χ3n) is 4.93. The summed E-state index contributed by atoms with van der Waals surface area (Å²) >= 11 is 0. The monoisotopic (exact) mass is 404 g/mol. The highest BCUT2D eigenvalue weighted by Gasteiger charge is 2.18. The first kappa shape index (κ1) is 21.3. The SMILES string of the molecule is CC(C)c1nc(CC(NC(=O)c2ccc(N(C)C)cc2)c2ccccc2)cc(=O)[nH]1. The summed E-state index contributed by atoms with van der Waals surface area (Å²) in [7, 11) is 3.92. The van der Waals surface area contributed by atoms with Gasteiger partial charge in [-0.05, 0) is 29.8 Å². The molecule has 1 unspecified atom stereocenters. The minimum Gasteiger partial charge on any atom is -0.378 e. The van der Waals surface area contributed by atoms with Crippen molar-refractivity contribution in [3.63, 3.8) is 0 Å². The topological polar surface area (TPSA) is 78.1 Å². The number of hydrogen-bond acceptors (Lipinski definition) is 4. The molecule has 0 aliphatic heterocycles. The largest absolute Gasteiger partial charge is 0.378 e. The number of amides is 1. The van der Waals surface area contributed by atoms with Crippen molar-refractivity contribution < 1.29 is 4.79 Å². The maximum absolute atomic E-state index is 12.9. The fourth-order valence-corrected chi connectivity index (χ4v) is 3.21.